The lowest BCUT2D eigenvalue weighted by molar-refractivity contribution is -0.137. The lowest BCUT2D eigenvalue weighted by atomic mass is 10.2. The summed E-state index contributed by atoms with van der Waals surface area (Å²) in [5.41, 5.74) is -0.539. The maximum Gasteiger partial charge on any atom is 0.416 e. The summed E-state index contributed by atoms with van der Waals surface area (Å²) < 4.78 is 63.5. The van der Waals surface area contributed by atoms with Crippen molar-refractivity contribution in [1.29, 1.82) is 0 Å². The van der Waals surface area contributed by atoms with Crippen LogP contribution in [0, 0.1) is 0 Å². The van der Waals surface area contributed by atoms with Gasteiger partial charge in [-0.15, -0.1) is 0 Å². The van der Waals surface area contributed by atoms with Crippen molar-refractivity contribution in [2.45, 2.75) is 19.0 Å². The van der Waals surface area contributed by atoms with Crippen molar-refractivity contribution < 1.29 is 26.4 Å². The minimum atomic E-state index is -4.58. The van der Waals surface area contributed by atoms with E-state index < -0.39 is 21.8 Å². The number of alkyl halides is 3. The van der Waals surface area contributed by atoms with Gasteiger partial charge in [0.05, 0.1) is 29.4 Å². The van der Waals surface area contributed by atoms with Crippen molar-refractivity contribution in [2.75, 3.05) is 22.4 Å². The minimum Gasteiger partial charge on any atom is -0.325 e. The normalized spacial score (nSPS) is 11.9. The summed E-state index contributed by atoms with van der Waals surface area (Å²) in [4.78, 5) is 15.8. The molecule has 0 radical (unpaired) electrons. The van der Waals surface area contributed by atoms with Gasteiger partial charge in [-0.25, -0.2) is 8.42 Å². The molecule has 0 aliphatic heterocycles. The van der Waals surface area contributed by atoms with E-state index in [4.69, 9.17) is 0 Å². The van der Waals surface area contributed by atoms with E-state index in [0.717, 1.165) is 28.8 Å². The van der Waals surface area contributed by atoms with Gasteiger partial charge in [0.15, 0.2) is 0 Å². The Bertz CT molecular complexity index is 887. The quantitative estimate of drug-likeness (QED) is 0.772. The zero-order valence-electron chi connectivity index (χ0n) is 14.4. The Balaban J connectivity index is 2.05. The average molecular weight is 401 g/mol. The Labute approximate surface area is 155 Å². The summed E-state index contributed by atoms with van der Waals surface area (Å²) in [6.07, 6.45) is -0.529. The van der Waals surface area contributed by atoms with Gasteiger partial charge >= 0.3 is 6.18 Å². The Morgan fingerprint density at radius 3 is 2.56 bits per heavy atom. The summed E-state index contributed by atoms with van der Waals surface area (Å²) in [6.45, 7) is -0.124. The topological polar surface area (TPSA) is 79.4 Å². The number of pyridine rings is 1. The summed E-state index contributed by atoms with van der Waals surface area (Å²) in [5, 5.41) is 2.61. The predicted molar refractivity (Wildman–Crippen MR) is 95.7 cm³/mol. The fraction of sp³-hybridized carbons (Fsp3) is 0.294. The van der Waals surface area contributed by atoms with Crippen LogP contribution in [0.2, 0.25) is 0 Å². The molecule has 1 N–H and O–H groups in total. The fourth-order valence-electron chi connectivity index (χ4n) is 2.37. The van der Waals surface area contributed by atoms with E-state index in [9.17, 15) is 26.4 Å². The van der Waals surface area contributed by atoms with Crippen molar-refractivity contribution in [2.24, 2.45) is 0 Å². The molecule has 6 nitrogen and oxygen atoms in total. The number of anilines is 2. The van der Waals surface area contributed by atoms with Crippen molar-refractivity contribution in [3.8, 4) is 0 Å². The van der Waals surface area contributed by atoms with Gasteiger partial charge in [-0.3, -0.25) is 14.1 Å². The molecule has 27 heavy (non-hydrogen) atoms. The van der Waals surface area contributed by atoms with Gasteiger partial charge in [-0.05, 0) is 36.8 Å². The van der Waals surface area contributed by atoms with Gasteiger partial charge in [-0.1, -0.05) is 6.07 Å². The molecular weight excluding hydrogens is 383 g/mol. The second-order valence-electron chi connectivity index (χ2n) is 5.78. The third-order valence-corrected chi connectivity index (χ3v) is 4.77. The molecule has 0 saturated heterocycles. The molecule has 10 heteroatoms. The van der Waals surface area contributed by atoms with Gasteiger partial charge in [0, 0.05) is 19.2 Å². The van der Waals surface area contributed by atoms with Gasteiger partial charge in [0.25, 0.3) is 0 Å². The molecule has 0 bridgehead atoms. The number of hydrogen-bond donors (Lipinski definition) is 1. The third-order valence-electron chi connectivity index (χ3n) is 3.57. The number of rotatable bonds is 7. The fourth-order valence-corrected chi connectivity index (χ4v) is 3.32. The molecular formula is C17H18F3N3O3S. The molecule has 1 aromatic carbocycles. The highest BCUT2D eigenvalue weighted by atomic mass is 32.2. The molecule has 2 rings (SSSR count). The maximum atomic E-state index is 12.9. The number of amides is 1. The number of benzene rings is 1. The van der Waals surface area contributed by atoms with Gasteiger partial charge < -0.3 is 5.32 Å². The number of carbonyl (C=O) groups is 1. The monoisotopic (exact) mass is 401 g/mol. The van der Waals surface area contributed by atoms with Crippen LogP contribution in [0.15, 0.2) is 48.8 Å². The van der Waals surface area contributed by atoms with Crippen LogP contribution in [-0.2, 0) is 21.0 Å². The number of aromatic nitrogens is 1. The zero-order valence-corrected chi connectivity index (χ0v) is 15.2. The van der Waals surface area contributed by atoms with Crippen LogP contribution in [0.25, 0.3) is 0 Å². The first-order valence-corrected chi connectivity index (χ1v) is 9.77. The molecule has 1 aromatic heterocycles. The van der Waals surface area contributed by atoms with Gasteiger partial charge in [0.2, 0.25) is 15.9 Å². The number of sulfonamides is 1. The zero-order chi connectivity index (χ0) is 20.1. The molecule has 0 atom stereocenters. The molecule has 0 saturated carbocycles. The largest absolute Gasteiger partial charge is 0.416 e. The van der Waals surface area contributed by atoms with Crippen LogP contribution in [0.3, 0.4) is 0 Å². The Morgan fingerprint density at radius 1 is 1.22 bits per heavy atom. The third kappa shape index (κ3) is 6.24. The van der Waals surface area contributed by atoms with Crippen molar-refractivity contribution in [1.82, 2.24) is 4.98 Å². The lowest BCUT2D eigenvalue weighted by Crippen LogP contribution is -2.31. The average Bonchev–Trinajstić information content (AvgIpc) is 2.58. The number of hydrogen-bond acceptors (Lipinski definition) is 4. The number of halogens is 3. The van der Waals surface area contributed by atoms with E-state index in [-0.39, 0.29) is 31.0 Å². The maximum absolute atomic E-state index is 12.9. The van der Waals surface area contributed by atoms with Crippen LogP contribution in [0.1, 0.15) is 18.4 Å². The first kappa shape index (κ1) is 20.7. The second kappa shape index (κ2) is 8.38. The highest BCUT2D eigenvalue weighted by Gasteiger charge is 2.31. The van der Waals surface area contributed by atoms with E-state index in [0.29, 0.717) is 5.69 Å². The van der Waals surface area contributed by atoms with Crippen molar-refractivity contribution in [3.63, 3.8) is 0 Å². The van der Waals surface area contributed by atoms with E-state index in [2.05, 4.69) is 10.3 Å². The van der Waals surface area contributed by atoms with Gasteiger partial charge in [-0.2, -0.15) is 13.2 Å². The van der Waals surface area contributed by atoms with Crippen LogP contribution in [0.5, 0.6) is 0 Å². The van der Waals surface area contributed by atoms with E-state index in [1.54, 1.807) is 18.3 Å². The summed E-state index contributed by atoms with van der Waals surface area (Å²) in [7, 11) is -3.81. The molecule has 0 unspecified atom stereocenters. The molecule has 146 valence electrons. The molecule has 2 aromatic rings. The molecule has 0 aliphatic rings. The lowest BCUT2D eigenvalue weighted by Gasteiger charge is -2.23. The number of carbonyl (C=O) groups excluding carboxylic acids is 1. The van der Waals surface area contributed by atoms with Crippen LogP contribution < -0.4 is 9.62 Å². The highest BCUT2D eigenvalue weighted by Crippen LogP contribution is 2.32. The van der Waals surface area contributed by atoms with E-state index >= 15 is 0 Å². The molecule has 0 spiro atoms. The first-order valence-electron chi connectivity index (χ1n) is 7.92. The first-order chi connectivity index (χ1) is 12.6. The van der Waals surface area contributed by atoms with Crippen LogP contribution in [-0.4, -0.2) is 32.1 Å². The van der Waals surface area contributed by atoms with Gasteiger partial charge in [0.1, 0.15) is 0 Å². The highest BCUT2D eigenvalue weighted by molar-refractivity contribution is 7.92. The Morgan fingerprint density at radius 2 is 1.96 bits per heavy atom. The number of nitrogens with one attached hydrogen (secondary N) is 1. The smallest absolute Gasteiger partial charge is 0.325 e. The summed E-state index contributed by atoms with van der Waals surface area (Å²) >= 11 is 0. The van der Waals surface area contributed by atoms with Crippen LogP contribution in [0.4, 0.5) is 24.5 Å². The molecule has 1 amide bonds. The Hall–Kier alpha value is -2.62. The predicted octanol–water partition coefficient (Wildman–Crippen LogP) is 3.29. The molecule has 0 fully saturated rings. The SMILES string of the molecule is CS(=O)(=O)N(CCCC(=O)Nc1cccnc1)c1cccc(C(F)(F)F)c1. The van der Waals surface area contributed by atoms with Crippen LogP contribution >= 0.6 is 0 Å². The second-order valence-corrected chi connectivity index (χ2v) is 7.68. The number of nitrogens with zero attached hydrogens (tertiary/aromatic N) is 2. The minimum absolute atomic E-state index is 0.000123. The standard InChI is InChI=1S/C17H18F3N3O3S/c1-27(25,26)23(15-7-2-5-13(11-15)17(18,19)20)10-4-8-16(24)22-14-6-3-9-21-12-14/h2-3,5-7,9,11-12H,4,8,10H2,1H3,(H,22,24). The summed E-state index contributed by atoms with van der Waals surface area (Å²) in [6, 6.07) is 7.37. The summed E-state index contributed by atoms with van der Waals surface area (Å²) in [5.74, 6) is -0.347. The Kier molecular flexibility index (Phi) is 6.42. The molecule has 0 aliphatic carbocycles. The van der Waals surface area contributed by atoms with Crippen molar-refractivity contribution >= 4 is 27.3 Å². The van der Waals surface area contributed by atoms with E-state index in [1.807, 2.05) is 0 Å². The van der Waals surface area contributed by atoms with E-state index in [1.165, 1.54) is 12.3 Å². The molecule has 1 heterocycles. The van der Waals surface area contributed by atoms with Crippen molar-refractivity contribution in [3.05, 3.63) is 54.4 Å².